The average Bonchev–Trinajstić information content (AvgIpc) is 3.20. The Bertz CT molecular complexity index is 1010. The number of aromatic nitrogens is 3. The fourth-order valence-electron chi connectivity index (χ4n) is 5.26. The van der Waals surface area contributed by atoms with Crippen LogP contribution in [0.2, 0.25) is 0 Å². The number of hydrogen-bond donors (Lipinski definition) is 3. The number of nitrogens with one attached hydrogen (secondary N) is 1. The lowest BCUT2D eigenvalue weighted by molar-refractivity contribution is 0.0309. The van der Waals surface area contributed by atoms with E-state index in [0.717, 1.165) is 41.8 Å². The third kappa shape index (κ3) is 3.47. The Hall–Kier alpha value is -2.48. The second-order valence-corrected chi connectivity index (χ2v) is 8.65. The Kier molecular flexibility index (Phi) is 5.18. The zero-order chi connectivity index (χ0) is 20.7. The molecule has 2 aliphatic heterocycles. The molecule has 3 aromatic rings. The van der Waals surface area contributed by atoms with Gasteiger partial charge in [0.25, 0.3) is 0 Å². The molecule has 5 rings (SSSR count). The van der Waals surface area contributed by atoms with E-state index in [0.29, 0.717) is 12.1 Å². The molecule has 7 heteroatoms. The highest BCUT2D eigenvalue weighted by molar-refractivity contribution is 5.73. The van der Waals surface area contributed by atoms with Crippen molar-refractivity contribution in [2.24, 2.45) is 0 Å². The summed E-state index contributed by atoms with van der Waals surface area (Å²) in [5, 5.41) is 27.9. The molecule has 0 saturated carbocycles. The van der Waals surface area contributed by atoms with E-state index < -0.39 is 0 Å². The van der Waals surface area contributed by atoms with Crippen molar-refractivity contribution in [1.29, 1.82) is 0 Å². The Morgan fingerprint density at radius 2 is 1.90 bits per heavy atom. The number of aryl methyl sites for hydroxylation is 1. The molecule has 0 spiro atoms. The molecule has 2 saturated heterocycles. The van der Waals surface area contributed by atoms with E-state index in [1.54, 1.807) is 6.33 Å². The van der Waals surface area contributed by atoms with E-state index in [2.05, 4.69) is 33.4 Å². The van der Waals surface area contributed by atoms with Crippen molar-refractivity contribution < 1.29 is 10.2 Å². The van der Waals surface area contributed by atoms with Crippen LogP contribution in [-0.2, 0) is 6.54 Å². The molecule has 0 amide bonds. The molecule has 3 N–H and O–H groups in total. The summed E-state index contributed by atoms with van der Waals surface area (Å²) in [7, 11) is 0. The van der Waals surface area contributed by atoms with E-state index >= 15 is 0 Å². The molecule has 0 aliphatic carbocycles. The summed E-state index contributed by atoms with van der Waals surface area (Å²) in [5.41, 5.74) is 4.37. The van der Waals surface area contributed by atoms with Crippen LogP contribution in [-0.4, -0.2) is 54.5 Å². The largest absolute Gasteiger partial charge is 0.394 e. The highest BCUT2D eigenvalue weighted by Gasteiger charge is 2.40. The maximum absolute atomic E-state index is 10.1. The minimum absolute atomic E-state index is 0.0216. The maximum atomic E-state index is 10.1. The van der Waals surface area contributed by atoms with E-state index in [1.807, 2.05) is 34.8 Å². The third-order valence-corrected chi connectivity index (χ3v) is 6.84. The van der Waals surface area contributed by atoms with Gasteiger partial charge in [-0.25, -0.2) is 9.50 Å². The van der Waals surface area contributed by atoms with Crippen molar-refractivity contribution in [3.05, 3.63) is 59.5 Å². The first-order chi connectivity index (χ1) is 14.6. The molecule has 2 aromatic heterocycles. The number of aliphatic hydroxyl groups excluding tert-OH is 2. The van der Waals surface area contributed by atoms with Gasteiger partial charge in [0.1, 0.15) is 11.8 Å². The smallest absolute Gasteiger partial charge is 0.154 e. The number of piperidine rings is 1. The lowest BCUT2D eigenvalue weighted by atomic mass is 9.99. The third-order valence-electron chi connectivity index (χ3n) is 6.84. The number of hydrogen-bond acceptors (Lipinski definition) is 6. The van der Waals surface area contributed by atoms with Gasteiger partial charge in [-0.1, -0.05) is 30.3 Å². The van der Waals surface area contributed by atoms with Crippen LogP contribution >= 0.6 is 0 Å². The predicted octanol–water partition coefficient (Wildman–Crippen LogP) is 2.67. The van der Waals surface area contributed by atoms with Crippen molar-refractivity contribution in [1.82, 2.24) is 19.5 Å². The summed E-state index contributed by atoms with van der Waals surface area (Å²) in [6, 6.07) is 10.6. The lowest BCUT2D eigenvalue weighted by Gasteiger charge is -2.37. The van der Waals surface area contributed by atoms with Gasteiger partial charge < -0.3 is 15.5 Å². The molecule has 2 bridgehead atoms. The molecule has 2 aliphatic rings. The first-order valence-corrected chi connectivity index (χ1v) is 10.8. The minimum atomic E-state index is -0.234. The Balaban J connectivity index is 1.44. The highest BCUT2D eigenvalue weighted by Crippen LogP contribution is 2.38. The fraction of sp³-hybridized carbons (Fsp3) is 0.478. The molecule has 7 nitrogen and oxygen atoms in total. The lowest BCUT2D eigenvalue weighted by Crippen LogP contribution is -2.44. The summed E-state index contributed by atoms with van der Waals surface area (Å²) < 4.78 is 1.89. The number of benzene rings is 1. The monoisotopic (exact) mass is 407 g/mol. The van der Waals surface area contributed by atoms with Crippen LogP contribution in [0.25, 0.3) is 5.52 Å². The number of aliphatic hydroxyl groups is 2. The topological polar surface area (TPSA) is 85.9 Å². The SMILES string of the molecule is Cc1c(CN2[C@@H]3CC[C@H]2CC(O)C3)cn2ncnc(N[C@H](CO)c3ccccc3)c12. The van der Waals surface area contributed by atoms with Gasteiger partial charge in [0, 0.05) is 24.8 Å². The van der Waals surface area contributed by atoms with Crippen LogP contribution in [0.5, 0.6) is 0 Å². The van der Waals surface area contributed by atoms with Gasteiger partial charge in [-0.05, 0) is 49.3 Å². The number of anilines is 1. The molecule has 30 heavy (non-hydrogen) atoms. The molecule has 158 valence electrons. The second-order valence-electron chi connectivity index (χ2n) is 8.65. The van der Waals surface area contributed by atoms with Crippen molar-refractivity contribution in [2.45, 2.75) is 63.4 Å². The van der Waals surface area contributed by atoms with Crippen molar-refractivity contribution >= 4 is 11.3 Å². The van der Waals surface area contributed by atoms with E-state index in [1.165, 1.54) is 18.4 Å². The summed E-state index contributed by atoms with van der Waals surface area (Å²) in [4.78, 5) is 7.06. The normalized spacial score (nSPS) is 25.0. The van der Waals surface area contributed by atoms with Gasteiger partial charge in [-0.15, -0.1) is 0 Å². The van der Waals surface area contributed by atoms with Crippen LogP contribution in [0.4, 0.5) is 5.82 Å². The van der Waals surface area contributed by atoms with Crippen molar-refractivity contribution in [3.8, 4) is 0 Å². The fourth-order valence-corrected chi connectivity index (χ4v) is 5.26. The molecular weight excluding hydrogens is 378 g/mol. The average molecular weight is 408 g/mol. The zero-order valence-electron chi connectivity index (χ0n) is 17.3. The maximum Gasteiger partial charge on any atom is 0.154 e. The van der Waals surface area contributed by atoms with Gasteiger partial charge in [-0.2, -0.15) is 5.10 Å². The van der Waals surface area contributed by atoms with Crippen LogP contribution in [0, 0.1) is 6.92 Å². The Morgan fingerprint density at radius 3 is 2.60 bits per heavy atom. The van der Waals surface area contributed by atoms with Gasteiger partial charge in [0.05, 0.1) is 18.8 Å². The van der Waals surface area contributed by atoms with Crippen LogP contribution in [0.1, 0.15) is 48.4 Å². The number of rotatable bonds is 6. The predicted molar refractivity (Wildman–Crippen MR) is 115 cm³/mol. The standard InChI is InChI=1S/C23H29N5O2/c1-15-17(11-27-18-7-8-19(27)10-20(30)9-18)12-28-22(15)23(24-14-25-28)26-21(13-29)16-5-3-2-4-6-16/h2-6,12,14,18-21,29-30H,7-11,13H2,1H3,(H,24,25,26)/t18-,19+,20?,21-/m1/s1. The molecule has 1 unspecified atom stereocenters. The minimum Gasteiger partial charge on any atom is -0.394 e. The van der Waals surface area contributed by atoms with Crippen LogP contribution in [0.15, 0.2) is 42.9 Å². The number of fused-ring (bicyclic) bond motifs is 3. The highest BCUT2D eigenvalue weighted by atomic mass is 16.3. The molecule has 1 aromatic carbocycles. The molecule has 0 radical (unpaired) electrons. The Labute approximate surface area is 176 Å². The zero-order valence-corrected chi connectivity index (χ0v) is 17.3. The van der Waals surface area contributed by atoms with E-state index in [9.17, 15) is 10.2 Å². The summed E-state index contributed by atoms with van der Waals surface area (Å²) in [5.74, 6) is 0.730. The van der Waals surface area contributed by atoms with E-state index in [-0.39, 0.29) is 18.8 Å². The summed E-state index contributed by atoms with van der Waals surface area (Å²) in [6.07, 6.45) is 7.61. The van der Waals surface area contributed by atoms with Crippen molar-refractivity contribution in [2.75, 3.05) is 11.9 Å². The van der Waals surface area contributed by atoms with Crippen molar-refractivity contribution in [3.63, 3.8) is 0 Å². The van der Waals surface area contributed by atoms with Crippen LogP contribution < -0.4 is 5.32 Å². The summed E-state index contributed by atoms with van der Waals surface area (Å²) in [6.45, 7) is 2.97. The van der Waals surface area contributed by atoms with Gasteiger partial charge >= 0.3 is 0 Å². The quantitative estimate of drug-likeness (QED) is 0.583. The van der Waals surface area contributed by atoms with Gasteiger partial charge in [0.2, 0.25) is 0 Å². The first kappa shape index (κ1) is 19.5. The summed E-state index contributed by atoms with van der Waals surface area (Å²) >= 11 is 0. The second kappa shape index (κ2) is 7.98. The molecule has 4 heterocycles. The molecule has 2 fully saturated rings. The first-order valence-electron chi connectivity index (χ1n) is 10.8. The Morgan fingerprint density at radius 1 is 1.17 bits per heavy atom. The van der Waals surface area contributed by atoms with Gasteiger partial charge in [-0.3, -0.25) is 4.90 Å². The van der Waals surface area contributed by atoms with E-state index in [4.69, 9.17) is 0 Å². The molecule has 4 atom stereocenters. The number of nitrogens with zero attached hydrogens (tertiary/aromatic N) is 4. The molecular formula is C23H29N5O2. The van der Waals surface area contributed by atoms with Crippen LogP contribution in [0.3, 0.4) is 0 Å². The van der Waals surface area contributed by atoms with Gasteiger partial charge in [0.15, 0.2) is 5.82 Å².